The number of thiophene rings is 1. The van der Waals surface area contributed by atoms with E-state index in [-0.39, 0.29) is 58.0 Å². The Morgan fingerprint density at radius 2 is 1.96 bits per heavy atom. The molecule has 1 amide bonds. The number of anilines is 1. The lowest BCUT2D eigenvalue weighted by molar-refractivity contribution is -0.00832. The van der Waals surface area contributed by atoms with Gasteiger partial charge in [-0.05, 0) is 62.8 Å². The molecule has 0 fully saturated rings. The number of amides is 1. The Kier molecular flexibility index (Phi) is 11.9. The number of imidazole rings is 1. The zero-order valence-corrected chi connectivity index (χ0v) is 29.1. The molecule has 13 nitrogen and oxygen atoms in total. The number of aliphatic hydroxyl groups excluding tert-OH is 1. The van der Waals surface area contributed by atoms with Gasteiger partial charge in [0, 0.05) is 51.6 Å². The van der Waals surface area contributed by atoms with Gasteiger partial charge in [-0.15, -0.1) is 11.3 Å². The van der Waals surface area contributed by atoms with Gasteiger partial charge in [0.05, 0.1) is 36.7 Å². The van der Waals surface area contributed by atoms with Crippen molar-refractivity contribution in [1.82, 2.24) is 18.8 Å². The summed E-state index contributed by atoms with van der Waals surface area (Å²) in [5.41, 5.74) is 0.258. The van der Waals surface area contributed by atoms with Crippen molar-refractivity contribution in [2.24, 2.45) is 13.0 Å². The Morgan fingerprint density at radius 1 is 1.20 bits per heavy atom. The summed E-state index contributed by atoms with van der Waals surface area (Å²) in [6, 6.07) is 7.13. The molecule has 4 rings (SSSR count). The molecule has 0 saturated heterocycles. The van der Waals surface area contributed by atoms with E-state index < -0.39 is 38.1 Å². The third kappa shape index (κ3) is 8.66. The number of benzene rings is 1. The van der Waals surface area contributed by atoms with Crippen molar-refractivity contribution in [1.29, 1.82) is 0 Å². The number of likely N-dealkylation sites (N-methyl/N-ethyl adjacent to an activating group) is 1. The summed E-state index contributed by atoms with van der Waals surface area (Å²) in [5, 5.41) is 11.7. The average Bonchev–Trinajstić information content (AvgIpc) is 3.71. The second-order valence-corrected chi connectivity index (χ2v) is 16.6. The van der Waals surface area contributed by atoms with Crippen LogP contribution < -0.4 is 9.46 Å². The van der Waals surface area contributed by atoms with Gasteiger partial charge in [-0.1, -0.05) is 13.0 Å². The molecular weight excluding hydrogens is 655 g/mol. The number of hydrogen-bond donors (Lipinski definition) is 2. The highest BCUT2D eigenvalue weighted by atomic mass is 32.2. The topological polar surface area (TPSA) is 160 Å². The fourth-order valence-electron chi connectivity index (χ4n) is 5.10. The summed E-state index contributed by atoms with van der Waals surface area (Å²) in [4.78, 5) is 19.7. The first kappa shape index (κ1) is 35.8. The minimum absolute atomic E-state index is 0.0620. The zero-order valence-electron chi connectivity index (χ0n) is 26.7. The van der Waals surface area contributed by atoms with Crippen LogP contribution in [0.15, 0.2) is 57.5 Å². The van der Waals surface area contributed by atoms with Crippen LogP contribution in [0.2, 0.25) is 0 Å². The van der Waals surface area contributed by atoms with Gasteiger partial charge in [-0.2, -0.15) is 12.7 Å². The van der Waals surface area contributed by atoms with Crippen molar-refractivity contribution in [3.05, 3.63) is 53.8 Å². The minimum atomic E-state index is -4.04. The lowest BCUT2D eigenvalue weighted by Gasteiger charge is -2.35. The van der Waals surface area contributed by atoms with Crippen LogP contribution >= 0.6 is 11.3 Å². The van der Waals surface area contributed by atoms with Crippen LogP contribution in [0.5, 0.6) is 5.75 Å². The SMILES string of the molecule is C[C@@H]1CCCCO[C@H](CN(C)S(=O)(=O)c2cccs2)[C@H](C)CN([C@@H](C)CO)C(=O)c2cc(NS(=O)(=O)c3cn(C)cn3)ccc2O1. The normalized spacial score (nSPS) is 21.3. The van der Waals surface area contributed by atoms with Crippen molar-refractivity contribution >= 4 is 43.0 Å². The smallest absolute Gasteiger partial charge is 0.280 e. The lowest BCUT2D eigenvalue weighted by Crippen LogP contribution is -2.48. The van der Waals surface area contributed by atoms with Gasteiger partial charge in [0.2, 0.25) is 0 Å². The van der Waals surface area contributed by atoms with Gasteiger partial charge in [0.1, 0.15) is 9.96 Å². The highest BCUT2D eigenvalue weighted by molar-refractivity contribution is 7.92. The Morgan fingerprint density at radius 3 is 2.61 bits per heavy atom. The second-order valence-electron chi connectivity index (χ2n) is 11.7. The predicted octanol–water partition coefficient (Wildman–Crippen LogP) is 3.40. The van der Waals surface area contributed by atoms with Gasteiger partial charge in [-0.3, -0.25) is 9.52 Å². The molecule has 1 aromatic carbocycles. The van der Waals surface area contributed by atoms with Crippen LogP contribution in [-0.2, 0) is 31.8 Å². The molecule has 254 valence electrons. The number of ether oxygens (including phenoxy) is 2. The quantitative estimate of drug-likeness (QED) is 0.342. The van der Waals surface area contributed by atoms with Crippen molar-refractivity contribution in [2.75, 3.05) is 38.1 Å². The first-order valence-electron chi connectivity index (χ1n) is 15.1. The molecule has 46 heavy (non-hydrogen) atoms. The van der Waals surface area contributed by atoms with Gasteiger partial charge in [0.15, 0.2) is 5.03 Å². The maximum Gasteiger partial charge on any atom is 0.280 e. The first-order chi connectivity index (χ1) is 21.7. The van der Waals surface area contributed by atoms with Gasteiger partial charge >= 0.3 is 0 Å². The van der Waals surface area contributed by atoms with E-state index in [4.69, 9.17) is 9.47 Å². The van der Waals surface area contributed by atoms with E-state index in [1.54, 1.807) is 37.6 Å². The Labute approximate surface area is 275 Å². The summed E-state index contributed by atoms with van der Waals surface area (Å²) in [7, 11) is -4.61. The van der Waals surface area contributed by atoms with Gasteiger partial charge in [-0.25, -0.2) is 13.4 Å². The van der Waals surface area contributed by atoms with E-state index in [0.717, 1.165) is 24.2 Å². The molecule has 0 spiro atoms. The Bertz CT molecular complexity index is 1680. The van der Waals surface area contributed by atoms with E-state index in [9.17, 15) is 26.7 Å². The maximum absolute atomic E-state index is 14.3. The number of aryl methyl sites for hydroxylation is 1. The molecule has 0 saturated carbocycles. The highest BCUT2D eigenvalue weighted by Crippen LogP contribution is 2.30. The largest absolute Gasteiger partial charge is 0.490 e. The van der Waals surface area contributed by atoms with Crippen LogP contribution in [0.25, 0.3) is 0 Å². The molecule has 2 aromatic heterocycles. The van der Waals surface area contributed by atoms with E-state index in [2.05, 4.69) is 9.71 Å². The van der Waals surface area contributed by atoms with Crippen LogP contribution in [0, 0.1) is 5.92 Å². The predicted molar refractivity (Wildman–Crippen MR) is 175 cm³/mol. The monoisotopic (exact) mass is 697 g/mol. The van der Waals surface area contributed by atoms with E-state index in [1.807, 2.05) is 13.8 Å². The molecule has 1 aliphatic heterocycles. The summed E-state index contributed by atoms with van der Waals surface area (Å²) >= 11 is 1.14. The van der Waals surface area contributed by atoms with Crippen molar-refractivity contribution in [2.45, 2.75) is 67.5 Å². The Balaban J connectivity index is 1.68. The van der Waals surface area contributed by atoms with E-state index in [1.165, 1.54) is 45.5 Å². The highest BCUT2D eigenvalue weighted by Gasteiger charge is 2.33. The van der Waals surface area contributed by atoms with Crippen LogP contribution in [-0.4, -0.2) is 98.2 Å². The van der Waals surface area contributed by atoms with E-state index >= 15 is 0 Å². The third-order valence-corrected chi connectivity index (χ3v) is 12.3. The second kappa shape index (κ2) is 15.3. The standard InChI is InChI=1S/C30H43N5O8S3/c1-21-16-35(22(2)19-36)30(37)25-15-24(32-45(38,39)28-18-33(4)20-31-28)11-12-26(25)43-23(3)9-6-7-13-42-27(21)17-34(5)46(40,41)29-10-8-14-44-29/h8,10-12,14-15,18,20-23,27,32,36H,6-7,9,13,16-17,19H2,1-5H3/t21-,22+,23-,27-/m1/s1. The fourth-order valence-corrected chi connectivity index (χ4v) is 8.52. The minimum Gasteiger partial charge on any atom is -0.490 e. The number of carbonyl (C=O) groups is 1. The Hall–Kier alpha value is -3.02. The average molecular weight is 698 g/mol. The number of carbonyl (C=O) groups excluding carboxylic acids is 1. The number of hydrogen-bond acceptors (Lipinski definition) is 10. The fraction of sp³-hybridized carbons (Fsp3) is 0.533. The zero-order chi connectivity index (χ0) is 33.6. The molecule has 0 unspecified atom stereocenters. The molecule has 0 aliphatic carbocycles. The molecular formula is C30H43N5O8S3. The van der Waals surface area contributed by atoms with Crippen molar-refractivity contribution in [3.63, 3.8) is 0 Å². The molecule has 2 N–H and O–H groups in total. The number of sulfonamides is 2. The summed E-state index contributed by atoms with van der Waals surface area (Å²) in [6.07, 6.45) is 4.05. The number of nitrogens with zero attached hydrogens (tertiary/aromatic N) is 4. The molecule has 16 heteroatoms. The van der Waals surface area contributed by atoms with E-state index in [0.29, 0.717) is 13.0 Å². The maximum atomic E-state index is 14.3. The molecule has 1 aliphatic rings. The van der Waals surface area contributed by atoms with Crippen molar-refractivity contribution < 1.29 is 36.2 Å². The number of fused-ring (bicyclic) bond motifs is 1. The lowest BCUT2D eigenvalue weighted by atomic mass is 10.0. The summed E-state index contributed by atoms with van der Waals surface area (Å²) in [5.74, 6) is -0.548. The summed E-state index contributed by atoms with van der Waals surface area (Å²) < 4.78 is 70.5. The number of aliphatic hydroxyl groups is 1. The number of rotatable bonds is 9. The number of nitrogens with one attached hydrogen (secondary N) is 1. The molecule has 4 atom stereocenters. The molecule has 0 bridgehead atoms. The van der Waals surface area contributed by atoms with Gasteiger partial charge < -0.3 is 24.0 Å². The molecule has 3 aromatic rings. The summed E-state index contributed by atoms with van der Waals surface area (Å²) in [6.45, 7) is 5.71. The number of aromatic nitrogens is 2. The molecule has 0 radical (unpaired) electrons. The van der Waals surface area contributed by atoms with Gasteiger partial charge in [0.25, 0.3) is 26.0 Å². The van der Waals surface area contributed by atoms with Crippen molar-refractivity contribution in [3.8, 4) is 5.75 Å². The first-order valence-corrected chi connectivity index (χ1v) is 18.9. The van der Waals surface area contributed by atoms with Crippen LogP contribution in [0.1, 0.15) is 50.4 Å². The molecule has 3 heterocycles. The van der Waals surface area contributed by atoms with Crippen LogP contribution in [0.3, 0.4) is 0 Å². The van der Waals surface area contributed by atoms with Crippen LogP contribution in [0.4, 0.5) is 5.69 Å². The third-order valence-electron chi connectivity index (χ3n) is 7.86.